The summed E-state index contributed by atoms with van der Waals surface area (Å²) < 4.78 is 10.8. The first kappa shape index (κ1) is 21.5. The highest BCUT2D eigenvalue weighted by molar-refractivity contribution is 5.74. The molecule has 24 heavy (non-hydrogen) atoms. The van der Waals surface area contributed by atoms with Crippen molar-refractivity contribution in [2.45, 2.75) is 110 Å². The van der Waals surface area contributed by atoms with Crippen LogP contribution >= 0.6 is 0 Å². The molecule has 0 amide bonds. The van der Waals surface area contributed by atoms with Gasteiger partial charge in [-0.15, -0.1) is 0 Å². The summed E-state index contributed by atoms with van der Waals surface area (Å²) in [7, 11) is 0. The zero-order valence-corrected chi connectivity index (χ0v) is 16.2. The van der Waals surface area contributed by atoms with Crippen LogP contribution < -0.4 is 0 Å². The number of carbonyl (C=O) groups excluding carboxylic acids is 1. The summed E-state index contributed by atoms with van der Waals surface area (Å²) in [6.07, 6.45) is 18.1. The van der Waals surface area contributed by atoms with E-state index in [0.29, 0.717) is 19.1 Å². The molecule has 142 valence electrons. The van der Waals surface area contributed by atoms with Crippen LogP contribution in [-0.4, -0.2) is 25.3 Å². The zero-order valence-electron chi connectivity index (χ0n) is 16.2. The van der Waals surface area contributed by atoms with E-state index >= 15 is 0 Å². The molecule has 0 aromatic heterocycles. The molecule has 1 saturated carbocycles. The van der Waals surface area contributed by atoms with Crippen molar-refractivity contribution in [2.75, 3.05) is 13.2 Å². The number of unbranched alkanes of at least 4 members (excludes halogenated alkanes) is 11. The van der Waals surface area contributed by atoms with Crippen LogP contribution in [0.2, 0.25) is 0 Å². The second-order valence-corrected chi connectivity index (χ2v) is 7.48. The highest BCUT2D eigenvalue weighted by Crippen LogP contribution is 2.28. The summed E-state index contributed by atoms with van der Waals surface area (Å²) in [4.78, 5) is 11.7. The van der Waals surface area contributed by atoms with Gasteiger partial charge in [0.25, 0.3) is 0 Å². The lowest BCUT2D eigenvalue weighted by Crippen LogP contribution is -2.24. The van der Waals surface area contributed by atoms with E-state index in [2.05, 4.69) is 6.92 Å². The van der Waals surface area contributed by atoms with Crippen LogP contribution in [0.3, 0.4) is 0 Å². The van der Waals surface area contributed by atoms with E-state index in [9.17, 15) is 4.79 Å². The minimum Gasteiger partial charge on any atom is -0.463 e. The average Bonchev–Trinajstić information content (AvgIpc) is 3.41. The van der Waals surface area contributed by atoms with Crippen LogP contribution in [0.15, 0.2) is 0 Å². The van der Waals surface area contributed by atoms with Crippen LogP contribution in [0.1, 0.15) is 104 Å². The third-order valence-corrected chi connectivity index (χ3v) is 4.86. The van der Waals surface area contributed by atoms with Gasteiger partial charge >= 0.3 is 5.97 Å². The molecule has 0 aromatic rings. The van der Waals surface area contributed by atoms with E-state index in [-0.39, 0.29) is 5.97 Å². The lowest BCUT2D eigenvalue weighted by Gasteiger charge is -2.12. The molecule has 0 aromatic carbocycles. The topological polar surface area (TPSA) is 35.5 Å². The Balaban J connectivity index is 1.75. The second kappa shape index (κ2) is 14.7. The Morgan fingerprint density at radius 2 is 1.38 bits per heavy atom. The molecule has 1 atom stereocenters. The van der Waals surface area contributed by atoms with Gasteiger partial charge in [-0.1, -0.05) is 77.6 Å². The van der Waals surface area contributed by atoms with Crippen LogP contribution in [0.4, 0.5) is 0 Å². The van der Waals surface area contributed by atoms with Crippen LogP contribution in [0.5, 0.6) is 0 Å². The minimum absolute atomic E-state index is 0.194. The molecule has 1 aliphatic carbocycles. The van der Waals surface area contributed by atoms with E-state index in [1.807, 2.05) is 0 Å². The van der Waals surface area contributed by atoms with Crippen molar-refractivity contribution in [1.82, 2.24) is 0 Å². The molecule has 0 N–H and O–H groups in total. The highest BCUT2D eigenvalue weighted by atomic mass is 16.6. The van der Waals surface area contributed by atoms with E-state index in [1.54, 1.807) is 6.92 Å². The van der Waals surface area contributed by atoms with Gasteiger partial charge in [-0.2, -0.15) is 0 Å². The van der Waals surface area contributed by atoms with Crippen LogP contribution in [0.25, 0.3) is 0 Å². The molecule has 1 unspecified atom stereocenters. The largest absolute Gasteiger partial charge is 0.463 e. The molecule has 1 rings (SSSR count). The molecule has 1 aliphatic rings. The predicted octanol–water partition coefficient (Wildman–Crippen LogP) is 6.05. The quantitative estimate of drug-likeness (QED) is 0.239. The monoisotopic (exact) mass is 340 g/mol. The van der Waals surface area contributed by atoms with Crippen molar-refractivity contribution in [3.8, 4) is 0 Å². The molecule has 0 saturated heterocycles. The molecule has 3 heteroatoms. The van der Waals surface area contributed by atoms with Crippen LogP contribution in [0, 0.1) is 5.92 Å². The number of carbonyl (C=O) groups is 1. The van der Waals surface area contributed by atoms with Gasteiger partial charge < -0.3 is 9.47 Å². The Morgan fingerprint density at radius 3 is 1.88 bits per heavy atom. The Hall–Kier alpha value is -0.570. The smallest absolute Gasteiger partial charge is 0.334 e. The lowest BCUT2D eigenvalue weighted by atomic mass is 10.1. The summed E-state index contributed by atoms with van der Waals surface area (Å²) in [6, 6.07) is 0. The summed E-state index contributed by atoms with van der Waals surface area (Å²) in [5.74, 6) is 0.429. The maximum Gasteiger partial charge on any atom is 0.334 e. The summed E-state index contributed by atoms with van der Waals surface area (Å²) in [5, 5.41) is 0. The number of esters is 1. The first-order chi connectivity index (χ1) is 11.7. The molecule has 0 aliphatic heterocycles. The lowest BCUT2D eigenvalue weighted by molar-refractivity contribution is -0.156. The van der Waals surface area contributed by atoms with Gasteiger partial charge in [-0.05, 0) is 32.1 Å². The summed E-state index contributed by atoms with van der Waals surface area (Å²) in [5.41, 5.74) is 0. The molecular weight excluding hydrogens is 300 g/mol. The first-order valence-corrected chi connectivity index (χ1v) is 10.5. The maximum absolute atomic E-state index is 11.7. The van der Waals surface area contributed by atoms with Crippen molar-refractivity contribution >= 4 is 5.97 Å². The van der Waals surface area contributed by atoms with Gasteiger partial charge in [0.2, 0.25) is 0 Å². The third kappa shape index (κ3) is 12.8. The molecule has 0 spiro atoms. The normalized spacial score (nSPS) is 15.4. The van der Waals surface area contributed by atoms with E-state index in [4.69, 9.17) is 9.47 Å². The molecule has 1 fully saturated rings. The molecule has 0 heterocycles. The van der Waals surface area contributed by atoms with Crippen molar-refractivity contribution < 1.29 is 14.3 Å². The van der Waals surface area contributed by atoms with E-state index in [1.165, 1.54) is 83.5 Å². The third-order valence-electron chi connectivity index (χ3n) is 4.86. The number of rotatable bonds is 17. The fourth-order valence-electron chi connectivity index (χ4n) is 2.87. The number of hydrogen-bond acceptors (Lipinski definition) is 3. The van der Waals surface area contributed by atoms with Gasteiger partial charge in [0.05, 0.1) is 6.61 Å². The molecule has 3 nitrogen and oxygen atoms in total. The number of hydrogen-bond donors (Lipinski definition) is 0. The zero-order chi connectivity index (χ0) is 17.5. The Morgan fingerprint density at radius 1 is 0.875 bits per heavy atom. The van der Waals surface area contributed by atoms with Crippen molar-refractivity contribution in [3.05, 3.63) is 0 Å². The van der Waals surface area contributed by atoms with E-state index in [0.717, 1.165) is 6.42 Å². The van der Waals surface area contributed by atoms with Gasteiger partial charge in [0, 0.05) is 6.61 Å². The predicted molar refractivity (Wildman–Crippen MR) is 100 cm³/mol. The van der Waals surface area contributed by atoms with Crippen LogP contribution in [-0.2, 0) is 14.3 Å². The van der Waals surface area contributed by atoms with E-state index < -0.39 is 6.10 Å². The Kier molecular flexibility index (Phi) is 13.2. The Bertz CT molecular complexity index is 299. The maximum atomic E-state index is 11.7. The Labute approximate surface area is 149 Å². The van der Waals surface area contributed by atoms with Crippen molar-refractivity contribution in [2.24, 2.45) is 5.92 Å². The summed E-state index contributed by atoms with van der Waals surface area (Å²) in [6.45, 7) is 5.34. The minimum atomic E-state index is -0.406. The van der Waals surface area contributed by atoms with Gasteiger partial charge in [0.15, 0.2) is 6.10 Å². The molecule has 0 radical (unpaired) electrons. The molecular formula is C21H40O3. The summed E-state index contributed by atoms with van der Waals surface area (Å²) >= 11 is 0. The van der Waals surface area contributed by atoms with Crippen molar-refractivity contribution in [3.63, 3.8) is 0 Å². The average molecular weight is 341 g/mol. The number of ether oxygens (including phenoxy) is 2. The molecule has 0 bridgehead atoms. The highest BCUT2D eigenvalue weighted by Gasteiger charge is 2.24. The first-order valence-electron chi connectivity index (χ1n) is 10.5. The van der Waals surface area contributed by atoms with Gasteiger partial charge in [-0.3, -0.25) is 0 Å². The van der Waals surface area contributed by atoms with Gasteiger partial charge in [-0.25, -0.2) is 4.79 Å². The SMILES string of the molecule is CCCCCCCCCCCCCCOC(C)C(=O)OCC1CC1. The second-order valence-electron chi connectivity index (χ2n) is 7.48. The van der Waals surface area contributed by atoms with Crippen molar-refractivity contribution in [1.29, 1.82) is 0 Å². The standard InChI is InChI=1S/C21H40O3/c1-3-4-5-6-7-8-9-10-11-12-13-14-17-23-19(2)21(22)24-18-20-15-16-20/h19-20H,3-18H2,1-2H3. The fourth-order valence-corrected chi connectivity index (χ4v) is 2.87. The van der Waals surface area contributed by atoms with Gasteiger partial charge in [0.1, 0.15) is 0 Å². The fraction of sp³-hybridized carbons (Fsp3) is 0.952.